The van der Waals surface area contributed by atoms with E-state index in [2.05, 4.69) is 0 Å². The molecule has 0 saturated carbocycles. The van der Waals surface area contributed by atoms with Crippen LogP contribution in [-0.2, 0) is 13.4 Å². The number of phosphoric acid groups is 2. The van der Waals surface area contributed by atoms with Crippen LogP contribution in [0.15, 0.2) is 78.9 Å². The van der Waals surface area contributed by atoms with Gasteiger partial charge in [0.1, 0.15) is 17.2 Å². The van der Waals surface area contributed by atoms with Crippen LogP contribution >= 0.6 is 15.6 Å². The number of phosphoric ester groups is 2. The smallest absolute Gasteiger partial charge is 0.404 e. The molecule has 9 heteroatoms. The minimum Gasteiger partial charge on any atom is -0.404 e. The van der Waals surface area contributed by atoms with E-state index in [1.165, 1.54) is 12.1 Å². The maximum atomic E-state index is 13.2. The van der Waals surface area contributed by atoms with Crippen LogP contribution in [0.5, 0.6) is 17.2 Å². The molecule has 0 heterocycles. The van der Waals surface area contributed by atoms with Crippen LogP contribution in [0.4, 0.5) is 0 Å². The molecule has 0 fully saturated rings. The normalized spacial score (nSPS) is 13.3. The molecular weight excluding hydrogens is 414 g/mol. The van der Waals surface area contributed by atoms with Crippen LogP contribution in [0.2, 0.25) is 0 Å². The van der Waals surface area contributed by atoms with Gasteiger partial charge in [-0.3, -0.25) is 4.89 Å². The van der Waals surface area contributed by atoms with Gasteiger partial charge in [0.25, 0.3) is 0 Å². The first-order valence-electron chi connectivity index (χ1n) is 8.64. The second-order valence-electron chi connectivity index (χ2n) is 6.21. The van der Waals surface area contributed by atoms with Gasteiger partial charge in [-0.25, -0.2) is 9.13 Å². The lowest BCUT2D eigenvalue weighted by molar-refractivity contribution is 0.238. The lowest BCUT2D eigenvalue weighted by atomic mass is 10.2. The van der Waals surface area contributed by atoms with Gasteiger partial charge < -0.3 is 13.6 Å². The summed E-state index contributed by atoms with van der Waals surface area (Å²) < 4.78 is 46.3. The van der Waals surface area contributed by atoms with Gasteiger partial charge in [-0.05, 0) is 50.2 Å². The number of para-hydroxylation sites is 1. The standard InChI is InChI=1S/C20H20O7P2/c1-16-8-12-19(13-9-16)25-29(23,26-20-14-10-17(2)11-15-20)27-28(21,22)24-18-6-4-3-5-7-18/h3-15H,1-2H3,(H,21,22). The predicted octanol–water partition coefficient (Wildman–Crippen LogP) is 6.07. The summed E-state index contributed by atoms with van der Waals surface area (Å²) in [5, 5.41) is 0. The Labute approximate surface area is 169 Å². The highest BCUT2D eigenvalue weighted by molar-refractivity contribution is 7.62. The first-order chi connectivity index (χ1) is 13.7. The van der Waals surface area contributed by atoms with E-state index in [1.54, 1.807) is 66.7 Å². The van der Waals surface area contributed by atoms with E-state index in [-0.39, 0.29) is 17.2 Å². The molecule has 1 N–H and O–H groups in total. The number of benzene rings is 3. The SMILES string of the molecule is Cc1ccc(OP(=O)(Oc2ccc(C)cc2)OP(=O)(O)Oc2ccccc2)cc1. The van der Waals surface area contributed by atoms with E-state index in [9.17, 15) is 14.0 Å². The Balaban J connectivity index is 1.86. The highest BCUT2D eigenvalue weighted by atomic mass is 31.3. The molecule has 3 rings (SSSR count). The molecule has 3 aromatic rings. The molecule has 152 valence electrons. The first kappa shape index (κ1) is 21.2. The van der Waals surface area contributed by atoms with Gasteiger partial charge in [0.15, 0.2) is 0 Å². The Kier molecular flexibility index (Phi) is 6.46. The van der Waals surface area contributed by atoms with Crippen LogP contribution < -0.4 is 13.6 Å². The molecule has 1 unspecified atom stereocenters. The van der Waals surface area contributed by atoms with Crippen molar-refractivity contribution in [3.63, 3.8) is 0 Å². The molecule has 0 bridgehead atoms. The van der Waals surface area contributed by atoms with Crippen molar-refractivity contribution < 1.29 is 31.9 Å². The Bertz CT molecular complexity index is 983. The molecule has 7 nitrogen and oxygen atoms in total. The third-order valence-corrected chi connectivity index (χ3v) is 6.58. The molecule has 0 aliphatic carbocycles. The molecule has 0 spiro atoms. The van der Waals surface area contributed by atoms with Crippen molar-refractivity contribution in [3.8, 4) is 17.2 Å². The summed E-state index contributed by atoms with van der Waals surface area (Å²) in [4.78, 5) is 10.1. The summed E-state index contributed by atoms with van der Waals surface area (Å²) in [5.74, 6) is 0.354. The topological polar surface area (TPSA) is 91.3 Å². The lowest BCUT2D eigenvalue weighted by Crippen LogP contribution is -2.06. The van der Waals surface area contributed by atoms with Gasteiger partial charge in [-0.15, -0.1) is 0 Å². The number of hydrogen-bond donors (Lipinski definition) is 1. The van der Waals surface area contributed by atoms with Crippen LogP contribution in [0.25, 0.3) is 0 Å². The monoisotopic (exact) mass is 434 g/mol. The van der Waals surface area contributed by atoms with Crippen molar-refractivity contribution in [1.29, 1.82) is 0 Å². The summed E-state index contributed by atoms with van der Waals surface area (Å²) in [6, 6.07) is 20.9. The van der Waals surface area contributed by atoms with Gasteiger partial charge in [0.2, 0.25) is 0 Å². The van der Waals surface area contributed by atoms with E-state index in [0.29, 0.717) is 0 Å². The van der Waals surface area contributed by atoms with E-state index in [4.69, 9.17) is 17.9 Å². The molecule has 3 aromatic carbocycles. The first-order valence-corrected chi connectivity index (χ1v) is 11.6. The quantitative estimate of drug-likeness (QED) is 0.431. The number of rotatable bonds is 8. The molecule has 1 atom stereocenters. The maximum absolute atomic E-state index is 13.2. The van der Waals surface area contributed by atoms with Gasteiger partial charge in [-0.1, -0.05) is 53.6 Å². The van der Waals surface area contributed by atoms with Crippen LogP contribution in [0.1, 0.15) is 11.1 Å². The summed E-state index contributed by atoms with van der Waals surface area (Å²) in [6.07, 6.45) is 0. The number of aryl methyl sites for hydroxylation is 2. The Hall–Kier alpha value is -2.56. The highest BCUT2D eigenvalue weighted by Gasteiger charge is 2.42. The van der Waals surface area contributed by atoms with Crippen molar-refractivity contribution >= 4 is 15.6 Å². The molecule has 29 heavy (non-hydrogen) atoms. The van der Waals surface area contributed by atoms with E-state index in [0.717, 1.165) is 11.1 Å². The van der Waals surface area contributed by atoms with Crippen LogP contribution in [0.3, 0.4) is 0 Å². The van der Waals surface area contributed by atoms with Gasteiger partial charge in [-0.2, -0.15) is 4.31 Å². The zero-order valence-corrected chi connectivity index (χ0v) is 17.6. The predicted molar refractivity (Wildman–Crippen MR) is 109 cm³/mol. The summed E-state index contributed by atoms with van der Waals surface area (Å²) in [5.41, 5.74) is 1.90. The second-order valence-corrected chi connectivity index (χ2v) is 9.24. The van der Waals surface area contributed by atoms with Gasteiger partial charge in [0.05, 0.1) is 0 Å². The fourth-order valence-corrected chi connectivity index (χ4v) is 4.86. The molecule has 0 amide bonds. The van der Waals surface area contributed by atoms with Crippen molar-refractivity contribution in [1.82, 2.24) is 0 Å². The Morgan fingerprint density at radius 2 is 1.03 bits per heavy atom. The van der Waals surface area contributed by atoms with Crippen molar-refractivity contribution in [2.75, 3.05) is 0 Å². The highest BCUT2D eigenvalue weighted by Crippen LogP contribution is 2.62. The fraction of sp³-hybridized carbons (Fsp3) is 0.100. The Morgan fingerprint density at radius 3 is 1.48 bits per heavy atom. The number of hydrogen-bond acceptors (Lipinski definition) is 6. The lowest BCUT2D eigenvalue weighted by Gasteiger charge is -2.21. The summed E-state index contributed by atoms with van der Waals surface area (Å²) in [6.45, 7) is 3.75. The Morgan fingerprint density at radius 1 is 0.621 bits per heavy atom. The van der Waals surface area contributed by atoms with Crippen LogP contribution in [0, 0.1) is 13.8 Å². The average molecular weight is 434 g/mol. The minimum absolute atomic E-state index is 0.0653. The average Bonchev–Trinajstić information content (AvgIpc) is 2.65. The fourth-order valence-electron chi connectivity index (χ4n) is 2.27. The van der Waals surface area contributed by atoms with Crippen molar-refractivity contribution in [2.45, 2.75) is 13.8 Å². The zero-order valence-electron chi connectivity index (χ0n) is 15.8. The molecule has 0 radical (unpaired) electrons. The summed E-state index contributed by atoms with van der Waals surface area (Å²) in [7, 11) is -9.43. The van der Waals surface area contributed by atoms with E-state index < -0.39 is 15.6 Å². The third-order valence-electron chi connectivity index (χ3n) is 3.64. The van der Waals surface area contributed by atoms with E-state index >= 15 is 0 Å². The largest absolute Gasteiger partial charge is 0.597 e. The van der Waals surface area contributed by atoms with Crippen LogP contribution in [-0.4, -0.2) is 4.89 Å². The van der Waals surface area contributed by atoms with Gasteiger partial charge in [0, 0.05) is 0 Å². The second kappa shape index (κ2) is 8.85. The third kappa shape index (κ3) is 6.48. The molecule has 0 saturated heterocycles. The van der Waals surface area contributed by atoms with Crippen molar-refractivity contribution in [3.05, 3.63) is 90.0 Å². The summed E-state index contributed by atoms with van der Waals surface area (Å²) >= 11 is 0. The van der Waals surface area contributed by atoms with E-state index in [1.807, 2.05) is 13.8 Å². The van der Waals surface area contributed by atoms with Crippen molar-refractivity contribution in [2.24, 2.45) is 0 Å². The minimum atomic E-state index is -4.84. The maximum Gasteiger partial charge on any atom is 0.597 e. The zero-order chi connectivity index (χ0) is 20.9. The molecule has 0 aliphatic rings. The van der Waals surface area contributed by atoms with Gasteiger partial charge >= 0.3 is 15.6 Å². The molecular formula is C20H20O7P2. The molecule has 0 aliphatic heterocycles. The molecule has 0 aromatic heterocycles.